The standard InChI is InChI=1S/C12H15ClO3S/c1-8(17(2,14)15)12(13)10-3-4-11-9(7-10)5-6-16-11/h3-4,7-8,12H,5-6H2,1-2H3. The van der Waals surface area contributed by atoms with Crippen molar-refractivity contribution in [3.05, 3.63) is 29.3 Å². The number of hydrogen-bond acceptors (Lipinski definition) is 3. The highest BCUT2D eigenvalue weighted by molar-refractivity contribution is 7.91. The molecular formula is C12H15ClO3S. The lowest BCUT2D eigenvalue weighted by atomic mass is 10.0. The molecule has 1 aliphatic rings. The van der Waals surface area contributed by atoms with Gasteiger partial charge in [-0.05, 0) is 24.1 Å². The number of sulfone groups is 1. The number of halogens is 1. The molecule has 5 heteroatoms. The van der Waals surface area contributed by atoms with Gasteiger partial charge in [-0.3, -0.25) is 0 Å². The molecule has 0 fully saturated rings. The summed E-state index contributed by atoms with van der Waals surface area (Å²) in [5.41, 5.74) is 1.95. The van der Waals surface area contributed by atoms with Crippen molar-refractivity contribution in [2.75, 3.05) is 12.9 Å². The smallest absolute Gasteiger partial charge is 0.151 e. The lowest BCUT2D eigenvalue weighted by Crippen LogP contribution is -2.21. The summed E-state index contributed by atoms with van der Waals surface area (Å²) in [5, 5.41) is -1.11. The van der Waals surface area contributed by atoms with Crippen LogP contribution in [0.2, 0.25) is 0 Å². The zero-order valence-electron chi connectivity index (χ0n) is 9.81. The second-order valence-electron chi connectivity index (χ2n) is 4.40. The Hall–Kier alpha value is -0.740. The summed E-state index contributed by atoms with van der Waals surface area (Å²) in [7, 11) is -3.13. The van der Waals surface area contributed by atoms with E-state index in [1.807, 2.05) is 18.2 Å². The molecule has 0 spiro atoms. The van der Waals surface area contributed by atoms with Crippen molar-refractivity contribution in [3.63, 3.8) is 0 Å². The zero-order valence-corrected chi connectivity index (χ0v) is 11.4. The first-order valence-corrected chi connectivity index (χ1v) is 7.87. The van der Waals surface area contributed by atoms with Crippen LogP contribution in [0.5, 0.6) is 5.75 Å². The number of alkyl halides is 1. The van der Waals surface area contributed by atoms with Crippen LogP contribution in [0.4, 0.5) is 0 Å². The fourth-order valence-electron chi connectivity index (χ4n) is 1.87. The summed E-state index contributed by atoms with van der Waals surface area (Å²) in [4.78, 5) is 0. The Morgan fingerprint density at radius 1 is 1.41 bits per heavy atom. The van der Waals surface area contributed by atoms with E-state index < -0.39 is 20.5 Å². The molecule has 1 aliphatic heterocycles. The van der Waals surface area contributed by atoms with E-state index in [9.17, 15) is 8.42 Å². The van der Waals surface area contributed by atoms with Gasteiger partial charge in [-0.2, -0.15) is 0 Å². The molecule has 94 valence electrons. The van der Waals surface area contributed by atoms with E-state index >= 15 is 0 Å². The van der Waals surface area contributed by atoms with Gasteiger partial charge in [0.05, 0.1) is 17.2 Å². The first kappa shape index (κ1) is 12.7. The van der Waals surface area contributed by atoms with Crippen LogP contribution in [0.15, 0.2) is 18.2 Å². The fourth-order valence-corrected chi connectivity index (χ4v) is 3.15. The maximum absolute atomic E-state index is 11.5. The third-order valence-corrected chi connectivity index (χ3v) is 5.52. The van der Waals surface area contributed by atoms with Gasteiger partial charge in [0.1, 0.15) is 5.75 Å². The lowest BCUT2D eigenvalue weighted by molar-refractivity contribution is 0.357. The number of ether oxygens (including phenoxy) is 1. The zero-order chi connectivity index (χ0) is 12.6. The van der Waals surface area contributed by atoms with E-state index in [0.29, 0.717) is 6.61 Å². The van der Waals surface area contributed by atoms with Gasteiger partial charge in [-0.1, -0.05) is 12.1 Å². The van der Waals surface area contributed by atoms with E-state index in [1.54, 1.807) is 6.92 Å². The molecule has 0 aromatic heterocycles. The van der Waals surface area contributed by atoms with Gasteiger partial charge in [-0.25, -0.2) is 8.42 Å². The number of hydrogen-bond donors (Lipinski definition) is 0. The topological polar surface area (TPSA) is 43.4 Å². The van der Waals surface area contributed by atoms with E-state index in [2.05, 4.69) is 0 Å². The summed E-state index contributed by atoms with van der Waals surface area (Å²) >= 11 is 6.22. The van der Waals surface area contributed by atoms with Crippen LogP contribution in [0.25, 0.3) is 0 Å². The number of rotatable bonds is 3. The van der Waals surface area contributed by atoms with Crippen molar-refractivity contribution in [2.24, 2.45) is 0 Å². The summed E-state index contributed by atoms with van der Waals surface area (Å²) in [6.45, 7) is 2.32. The summed E-state index contributed by atoms with van der Waals surface area (Å²) in [5.74, 6) is 0.879. The van der Waals surface area contributed by atoms with Gasteiger partial charge in [0.2, 0.25) is 0 Å². The Morgan fingerprint density at radius 3 is 2.76 bits per heavy atom. The molecule has 0 N–H and O–H groups in total. The average Bonchev–Trinajstić information content (AvgIpc) is 2.72. The third kappa shape index (κ3) is 2.58. The fraction of sp³-hybridized carbons (Fsp3) is 0.500. The van der Waals surface area contributed by atoms with Gasteiger partial charge in [0, 0.05) is 12.7 Å². The van der Waals surface area contributed by atoms with Gasteiger partial charge in [0.15, 0.2) is 9.84 Å². The SMILES string of the molecule is CC(C(Cl)c1ccc2c(c1)CCO2)S(C)(=O)=O. The molecule has 0 bridgehead atoms. The molecule has 0 radical (unpaired) electrons. The van der Waals surface area contributed by atoms with Crippen LogP contribution in [0, 0.1) is 0 Å². The van der Waals surface area contributed by atoms with Crippen molar-refractivity contribution in [1.29, 1.82) is 0 Å². The Labute approximate surface area is 107 Å². The second-order valence-corrected chi connectivity index (χ2v) is 7.27. The summed E-state index contributed by atoms with van der Waals surface area (Å²) < 4.78 is 28.3. The lowest BCUT2D eigenvalue weighted by Gasteiger charge is -2.17. The second kappa shape index (κ2) is 4.50. The van der Waals surface area contributed by atoms with Crippen LogP contribution in [0.3, 0.4) is 0 Å². The molecule has 2 atom stereocenters. The minimum absolute atomic E-state index is 0.518. The molecule has 3 nitrogen and oxygen atoms in total. The van der Waals surface area contributed by atoms with Crippen molar-refractivity contribution in [1.82, 2.24) is 0 Å². The largest absolute Gasteiger partial charge is 0.493 e. The van der Waals surface area contributed by atoms with Crippen molar-refractivity contribution in [2.45, 2.75) is 24.0 Å². The number of fused-ring (bicyclic) bond motifs is 1. The van der Waals surface area contributed by atoms with Crippen molar-refractivity contribution >= 4 is 21.4 Å². The van der Waals surface area contributed by atoms with Gasteiger partial charge >= 0.3 is 0 Å². The highest BCUT2D eigenvalue weighted by Crippen LogP contribution is 2.33. The molecule has 1 heterocycles. The predicted octanol–water partition coefficient (Wildman–Crippen LogP) is 2.33. The first-order chi connectivity index (χ1) is 7.89. The molecule has 0 saturated carbocycles. The van der Waals surface area contributed by atoms with Gasteiger partial charge in [-0.15, -0.1) is 11.6 Å². The highest BCUT2D eigenvalue weighted by atomic mass is 35.5. The van der Waals surface area contributed by atoms with Crippen LogP contribution in [0.1, 0.15) is 23.4 Å². The average molecular weight is 275 g/mol. The molecule has 0 saturated heterocycles. The van der Waals surface area contributed by atoms with Crippen LogP contribution in [-0.2, 0) is 16.3 Å². The summed E-state index contributed by atoms with van der Waals surface area (Å²) in [6.07, 6.45) is 2.07. The Morgan fingerprint density at radius 2 is 2.12 bits per heavy atom. The highest BCUT2D eigenvalue weighted by Gasteiger charge is 2.26. The maximum Gasteiger partial charge on any atom is 0.151 e. The van der Waals surface area contributed by atoms with E-state index in [0.717, 1.165) is 23.3 Å². The predicted molar refractivity (Wildman–Crippen MR) is 68.5 cm³/mol. The Bertz CT molecular complexity index is 525. The van der Waals surface area contributed by atoms with Crippen molar-refractivity contribution in [3.8, 4) is 5.75 Å². The minimum atomic E-state index is -3.13. The minimum Gasteiger partial charge on any atom is -0.493 e. The molecule has 0 aliphatic carbocycles. The van der Waals surface area contributed by atoms with Crippen LogP contribution >= 0.6 is 11.6 Å². The quantitative estimate of drug-likeness (QED) is 0.795. The first-order valence-electron chi connectivity index (χ1n) is 5.48. The normalized spacial score (nSPS) is 18.3. The molecule has 17 heavy (non-hydrogen) atoms. The van der Waals surface area contributed by atoms with E-state index in [4.69, 9.17) is 16.3 Å². The third-order valence-electron chi connectivity index (χ3n) is 3.12. The van der Waals surface area contributed by atoms with Gasteiger partial charge in [0.25, 0.3) is 0 Å². The van der Waals surface area contributed by atoms with Gasteiger partial charge < -0.3 is 4.74 Å². The Balaban J connectivity index is 2.29. The Kier molecular flexibility index (Phi) is 3.36. The van der Waals surface area contributed by atoms with E-state index in [-0.39, 0.29) is 0 Å². The van der Waals surface area contributed by atoms with Crippen molar-refractivity contribution < 1.29 is 13.2 Å². The number of benzene rings is 1. The molecule has 0 amide bonds. The summed E-state index contributed by atoms with van der Waals surface area (Å²) in [6, 6.07) is 5.65. The van der Waals surface area contributed by atoms with Crippen LogP contribution < -0.4 is 4.74 Å². The molecule has 2 unspecified atom stereocenters. The molecular weight excluding hydrogens is 260 g/mol. The van der Waals surface area contributed by atoms with Crippen LogP contribution in [-0.4, -0.2) is 26.5 Å². The molecule has 1 aromatic carbocycles. The molecule has 2 rings (SSSR count). The maximum atomic E-state index is 11.5. The molecule has 1 aromatic rings. The monoisotopic (exact) mass is 274 g/mol. The van der Waals surface area contributed by atoms with E-state index in [1.165, 1.54) is 6.26 Å².